The summed E-state index contributed by atoms with van der Waals surface area (Å²) in [5, 5.41) is 0. The lowest BCUT2D eigenvalue weighted by atomic mass is 9.78. The molecule has 1 aliphatic carbocycles. The van der Waals surface area contributed by atoms with Gasteiger partial charge in [-0.2, -0.15) is 0 Å². The molecule has 1 aromatic carbocycles. The molecule has 1 aliphatic rings. The molecule has 0 aliphatic heterocycles. The highest BCUT2D eigenvalue weighted by molar-refractivity contribution is 5.81. The molecule has 4 heteroatoms. The fraction of sp³-hybridized carbons (Fsp3) is 0.500. The summed E-state index contributed by atoms with van der Waals surface area (Å²) in [4.78, 5) is 12.1. The monoisotopic (exact) mass is 248 g/mol. The highest BCUT2D eigenvalue weighted by Gasteiger charge is 2.43. The number of hydrogen-bond donors (Lipinski definition) is 2. The van der Waals surface area contributed by atoms with Gasteiger partial charge in [0.2, 0.25) is 0 Å². The molecule has 1 unspecified atom stereocenters. The molecule has 0 amide bonds. The smallest absolute Gasteiger partial charge is 0.328 e. The molecule has 98 valence electrons. The third-order valence-corrected chi connectivity index (χ3v) is 3.61. The lowest BCUT2D eigenvalue weighted by Crippen LogP contribution is -2.62. The van der Waals surface area contributed by atoms with Gasteiger partial charge in [-0.25, -0.2) is 4.79 Å². The maximum atomic E-state index is 12.1. The lowest BCUT2D eigenvalue weighted by molar-refractivity contribution is -0.153. The number of carbonyl (C=O) groups is 1. The van der Waals surface area contributed by atoms with Crippen LogP contribution < -0.4 is 11.5 Å². The van der Waals surface area contributed by atoms with Crippen molar-refractivity contribution in [2.45, 2.75) is 43.9 Å². The van der Waals surface area contributed by atoms with Gasteiger partial charge in [0.25, 0.3) is 0 Å². The summed E-state index contributed by atoms with van der Waals surface area (Å²) in [6.07, 6.45) is 3.37. The second kappa shape index (κ2) is 5.50. The zero-order valence-electron chi connectivity index (χ0n) is 10.5. The van der Waals surface area contributed by atoms with Crippen LogP contribution in [0.15, 0.2) is 30.3 Å². The van der Waals surface area contributed by atoms with Crippen LogP contribution in [0.3, 0.4) is 0 Å². The summed E-state index contributed by atoms with van der Waals surface area (Å²) in [5.74, 6) is -0.376. The maximum absolute atomic E-state index is 12.1. The van der Waals surface area contributed by atoms with Crippen LogP contribution in [0.25, 0.3) is 0 Å². The molecule has 0 radical (unpaired) electrons. The Balaban J connectivity index is 1.95. The fourth-order valence-electron chi connectivity index (χ4n) is 2.34. The van der Waals surface area contributed by atoms with Crippen LogP contribution in [0.4, 0.5) is 0 Å². The molecule has 18 heavy (non-hydrogen) atoms. The molecule has 0 spiro atoms. The Morgan fingerprint density at radius 1 is 1.33 bits per heavy atom. The molecule has 0 heterocycles. The fourth-order valence-corrected chi connectivity index (χ4v) is 2.34. The first-order valence-corrected chi connectivity index (χ1v) is 6.38. The topological polar surface area (TPSA) is 78.3 Å². The zero-order chi connectivity index (χ0) is 13.0. The molecule has 4 N–H and O–H groups in total. The minimum absolute atomic E-state index is 0.255. The van der Waals surface area contributed by atoms with E-state index in [1.54, 1.807) is 0 Å². The van der Waals surface area contributed by atoms with E-state index in [0.29, 0.717) is 6.42 Å². The molecule has 0 aromatic heterocycles. The van der Waals surface area contributed by atoms with Crippen molar-refractivity contribution in [3.8, 4) is 0 Å². The highest BCUT2D eigenvalue weighted by atomic mass is 16.5. The Kier molecular flexibility index (Phi) is 3.99. The van der Waals surface area contributed by atoms with Gasteiger partial charge in [-0.1, -0.05) is 43.2 Å². The van der Waals surface area contributed by atoms with Crippen molar-refractivity contribution in [2.24, 2.45) is 11.5 Å². The molecule has 0 bridgehead atoms. The Morgan fingerprint density at radius 2 is 2.06 bits per heavy atom. The van der Waals surface area contributed by atoms with E-state index in [1.165, 1.54) is 0 Å². The Labute approximate surface area is 107 Å². The summed E-state index contributed by atoms with van der Waals surface area (Å²) in [5.41, 5.74) is 12.0. The summed E-state index contributed by atoms with van der Waals surface area (Å²) >= 11 is 0. The maximum Gasteiger partial charge on any atom is 0.328 e. The van der Waals surface area contributed by atoms with Crippen molar-refractivity contribution >= 4 is 5.97 Å². The molecule has 2 rings (SSSR count). The van der Waals surface area contributed by atoms with Gasteiger partial charge in [-0.15, -0.1) is 0 Å². The standard InChI is InChI=1S/C14H20N2O2/c15-12-8-4-5-9-14(12,16)13(17)18-10-11-6-2-1-3-7-11/h1-3,6-7,12H,4-5,8-10,15-16H2/t12?,14-/m1/s1. The zero-order valence-corrected chi connectivity index (χ0v) is 10.5. The third-order valence-electron chi connectivity index (χ3n) is 3.61. The van der Waals surface area contributed by atoms with Crippen molar-refractivity contribution in [2.75, 3.05) is 0 Å². The van der Waals surface area contributed by atoms with Crippen LogP contribution in [0.5, 0.6) is 0 Å². The summed E-state index contributed by atoms with van der Waals surface area (Å²) in [7, 11) is 0. The summed E-state index contributed by atoms with van der Waals surface area (Å²) in [6, 6.07) is 9.28. The SMILES string of the molecule is NC1CCCC[C@]1(N)C(=O)OCc1ccccc1. The number of carbonyl (C=O) groups excluding carboxylic acids is 1. The van der Waals surface area contributed by atoms with Gasteiger partial charge in [0.15, 0.2) is 0 Å². The normalized spacial score (nSPS) is 27.8. The minimum atomic E-state index is -1.01. The summed E-state index contributed by atoms with van der Waals surface area (Å²) in [6.45, 7) is 0.255. The average Bonchev–Trinajstić information content (AvgIpc) is 2.40. The molecule has 0 saturated heterocycles. The number of ether oxygens (including phenoxy) is 1. The van der Waals surface area contributed by atoms with Gasteiger partial charge in [-0.05, 0) is 18.4 Å². The van der Waals surface area contributed by atoms with Gasteiger partial charge >= 0.3 is 5.97 Å². The van der Waals surface area contributed by atoms with Gasteiger partial charge in [0, 0.05) is 6.04 Å². The van der Waals surface area contributed by atoms with E-state index in [9.17, 15) is 4.79 Å². The van der Waals surface area contributed by atoms with Crippen LogP contribution in [-0.2, 0) is 16.1 Å². The van der Waals surface area contributed by atoms with E-state index in [4.69, 9.17) is 16.2 Å². The third kappa shape index (κ3) is 2.71. The molecule has 2 atom stereocenters. The Morgan fingerprint density at radius 3 is 2.72 bits per heavy atom. The molecule has 1 aromatic rings. The van der Waals surface area contributed by atoms with Crippen molar-refractivity contribution in [1.29, 1.82) is 0 Å². The second-order valence-corrected chi connectivity index (χ2v) is 4.95. The first-order chi connectivity index (χ1) is 8.63. The number of nitrogens with two attached hydrogens (primary N) is 2. The lowest BCUT2D eigenvalue weighted by Gasteiger charge is -2.36. The van der Waals surface area contributed by atoms with Crippen molar-refractivity contribution < 1.29 is 9.53 Å². The number of hydrogen-bond acceptors (Lipinski definition) is 4. The van der Waals surface area contributed by atoms with Crippen LogP contribution in [0, 0.1) is 0 Å². The molecular weight excluding hydrogens is 228 g/mol. The van der Waals surface area contributed by atoms with E-state index >= 15 is 0 Å². The van der Waals surface area contributed by atoms with E-state index in [1.807, 2.05) is 30.3 Å². The van der Waals surface area contributed by atoms with Crippen LogP contribution in [0.2, 0.25) is 0 Å². The number of benzene rings is 1. The van der Waals surface area contributed by atoms with E-state index in [0.717, 1.165) is 24.8 Å². The number of rotatable bonds is 3. The van der Waals surface area contributed by atoms with Crippen LogP contribution in [0.1, 0.15) is 31.2 Å². The second-order valence-electron chi connectivity index (χ2n) is 4.95. The van der Waals surface area contributed by atoms with Crippen LogP contribution >= 0.6 is 0 Å². The van der Waals surface area contributed by atoms with Gasteiger partial charge < -0.3 is 16.2 Å². The van der Waals surface area contributed by atoms with Crippen LogP contribution in [-0.4, -0.2) is 17.6 Å². The van der Waals surface area contributed by atoms with E-state index in [-0.39, 0.29) is 18.6 Å². The quantitative estimate of drug-likeness (QED) is 0.791. The first-order valence-electron chi connectivity index (χ1n) is 6.38. The van der Waals surface area contributed by atoms with E-state index in [2.05, 4.69) is 0 Å². The van der Waals surface area contributed by atoms with Gasteiger partial charge in [0.1, 0.15) is 12.1 Å². The summed E-state index contributed by atoms with van der Waals surface area (Å²) < 4.78 is 5.30. The first kappa shape index (κ1) is 13.1. The molecule has 1 saturated carbocycles. The van der Waals surface area contributed by atoms with Crippen molar-refractivity contribution in [3.05, 3.63) is 35.9 Å². The Hall–Kier alpha value is -1.39. The van der Waals surface area contributed by atoms with Crippen molar-refractivity contribution in [1.82, 2.24) is 0 Å². The average molecular weight is 248 g/mol. The largest absolute Gasteiger partial charge is 0.459 e. The highest BCUT2D eigenvalue weighted by Crippen LogP contribution is 2.26. The number of esters is 1. The minimum Gasteiger partial charge on any atom is -0.459 e. The van der Waals surface area contributed by atoms with Gasteiger partial charge in [-0.3, -0.25) is 0 Å². The van der Waals surface area contributed by atoms with Gasteiger partial charge in [0.05, 0.1) is 0 Å². The Bertz CT molecular complexity index is 408. The van der Waals surface area contributed by atoms with E-state index < -0.39 is 5.54 Å². The molecule has 4 nitrogen and oxygen atoms in total. The molecule has 1 fully saturated rings. The predicted molar refractivity (Wildman–Crippen MR) is 69.6 cm³/mol. The van der Waals surface area contributed by atoms with Crippen molar-refractivity contribution in [3.63, 3.8) is 0 Å². The molecular formula is C14H20N2O2. The predicted octanol–water partition coefficient (Wildman–Crippen LogP) is 1.33.